The lowest BCUT2D eigenvalue weighted by atomic mass is 9.44. The second-order valence-corrected chi connectivity index (χ2v) is 14.2. The molecule has 5 rings (SSSR count). The summed E-state index contributed by atoms with van der Waals surface area (Å²) in [6.07, 6.45) is 16.2. The first-order valence-electron chi connectivity index (χ1n) is 15.5. The molecule has 0 aromatic heterocycles. The average molecular weight is 493 g/mol. The van der Waals surface area contributed by atoms with Crippen LogP contribution in [-0.4, -0.2) is 12.1 Å². The minimum absolute atomic E-state index is 0.0771. The topological polar surface area (TPSA) is 26.3 Å². The van der Waals surface area contributed by atoms with E-state index in [1.165, 1.54) is 70.6 Å². The van der Waals surface area contributed by atoms with Gasteiger partial charge < -0.3 is 4.74 Å². The Morgan fingerprint density at radius 1 is 0.917 bits per heavy atom. The van der Waals surface area contributed by atoms with Gasteiger partial charge in [-0.1, -0.05) is 72.1 Å². The number of hydrogen-bond acceptors (Lipinski definition) is 2. The summed E-state index contributed by atoms with van der Waals surface area (Å²) in [6.45, 7) is 12.5. The Balaban J connectivity index is 1.33. The molecule has 1 aromatic carbocycles. The number of carbonyl (C=O) groups excluding carboxylic acids is 1. The van der Waals surface area contributed by atoms with Crippen molar-refractivity contribution in [3.63, 3.8) is 0 Å². The Labute approximate surface area is 221 Å². The zero-order chi connectivity index (χ0) is 25.5. The van der Waals surface area contributed by atoms with Crippen LogP contribution in [0, 0.1) is 52.3 Å². The fraction of sp³-hybridized carbons (Fsp3) is 0.794. The molecule has 1 unspecified atom stereocenters. The van der Waals surface area contributed by atoms with E-state index in [-0.39, 0.29) is 17.5 Å². The lowest BCUT2D eigenvalue weighted by molar-refractivity contribution is -0.166. The van der Waals surface area contributed by atoms with Crippen LogP contribution < -0.4 is 0 Å². The fourth-order valence-electron chi connectivity index (χ4n) is 10.3. The number of ether oxygens (including phenoxy) is 1. The van der Waals surface area contributed by atoms with Gasteiger partial charge in [-0.15, -0.1) is 0 Å². The maximum atomic E-state index is 13.1. The van der Waals surface area contributed by atoms with E-state index in [0.717, 1.165) is 47.8 Å². The van der Waals surface area contributed by atoms with Gasteiger partial charge in [0.15, 0.2) is 0 Å². The molecule has 36 heavy (non-hydrogen) atoms. The number of esters is 1. The second kappa shape index (κ2) is 10.5. The van der Waals surface area contributed by atoms with E-state index in [9.17, 15) is 4.79 Å². The van der Waals surface area contributed by atoms with Crippen LogP contribution in [-0.2, 0) is 4.74 Å². The van der Waals surface area contributed by atoms with E-state index in [1.54, 1.807) is 0 Å². The SMILES string of the molecule is CC(C)CCC[C@@H](C)[C@H]1CC[C@H]2[C@@H]3CC[C@@H]4CCCC(OC(=O)c5ccccc5)[C@]4(C)[C@H]3CC[C@]12C. The second-order valence-electron chi connectivity index (χ2n) is 14.2. The van der Waals surface area contributed by atoms with E-state index < -0.39 is 0 Å². The van der Waals surface area contributed by atoms with E-state index in [4.69, 9.17) is 4.74 Å². The van der Waals surface area contributed by atoms with E-state index in [1.807, 2.05) is 30.3 Å². The molecule has 9 atom stereocenters. The molecule has 4 aliphatic carbocycles. The minimum Gasteiger partial charge on any atom is -0.458 e. The molecule has 2 heteroatoms. The summed E-state index contributed by atoms with van der Waals surface area (Å²) in [5, 5.41) is 0. The molecule has 4 saturated carbocycles. The lowest BCUT2D eigenvalue weighted by Gasteiger charge is -2.62. The zero-order valence-electron chi connectivity index (χ0n) is 23.8. The minimum atomic E-state index is -0.110. The van der Waals surface area contributed by atoms with Gasteiger partial charge in [0.2, 0.25) is 0 Å². The summed E-state index contributed by atoms with van der Waals surface area (Å²) in [6, 6.07) is 9.67. The van der Waals surface area contributed by atoms with Crippen molar-refractivity contribution in [2.45, 2.75) is 118 Å². The molecule has 0 radical (unpaired) electrons. The van der Waals surface area contributed by atoms with Crippen LogP contribution in [0.5, 0.6) is 0 Å². The molecule has 200 valence electrons. The molecule has 1 aromatic rings. The van der Waals surface area contributed by atoms with Crippen LogP contribution in [0.15, 0.2) is 30.3 Å². The van der Waals surface area contributed by atoms with Crippen molar-refractivity contribution in [2.75, 3.05) is 0 Å². The molecule has 0 amide bonds. The van der Waals surface area contributed by atoms with Crippen LogP contribution in [0.2, 0.25) is 0 Å². The molecule has 0 heterocycles. The first-order valence-corrected chi connectivity index (χ1v) is 15.5. The molecule has 0 spiro atoms. The number of rotatable bonds is 7. The van der Waals surface area contributed by atoms with Gasteiger partial charge in [-0.25, -0.2) is 4.79 Å². The number of carbonyl (C=O) groups is 1. The molecular formula is C34H52O2. The molecule has 0 N–H and O–H groups in total. The van der Waals surface area contributed by atoms with Crippen LogP contribution in [0.4, 0.5) is 0 Å². The van der Waals surface area contributed by atoms with Gasteiger partial charge >= 0.3 is 5.97 Å². The first-order chi connectivity index (χ1) is 17.2. The van der Waals surface area contributed by atoms with Gasteiger partial charge in [-0.3, -0.25) is 0 Å². The highest BCUT2D eigenvalue weighted by molar-refractivity contribution is 5.89. The molecule has 0 bridgehead atoms. The average Bonchev–Trinajstić information content (AvgIpc) is 3.22. The van der Waals surface area contributed by atoms with Crippen molar-refractivity contribution in [2.24, 2.45) is 52.3 Å². The summed E-state index contributed by atoms with van der Waals surface area (Å²) >= 11 is 0. The Morgan fingerprint density at radius 3 is 2.44 bits per heavy atom. The van der Waals surface area contributed by atoms with Crippen molar-refractivity contribution in [1.29, 1.82) is 0 Å². The molecule has 0 saturated heterocycles. The van der Waals surface area contributed by atoms with Crippen LogP contribution in [0.25, 0.3) is 0 Å². The third-order valence-electron chi connectivity index (χ3n) is 12.1. The van der Waals surface area contributed by atoms with Crippen LogP contribution in [0.3, 0.4) is 0 Å². The summed E-state index contributed by atoms with van der Waals surface area (Å²) in [5.74, 6) is 5.62. The standard InChI is InChI=1S/C34H52O2/c1-23(2)11-9-12-24(3)28-19-20-29-27-18-17-26-15-10-16-31(36-32(35)25-13-7-6-8-14-25)34(26,5)30(27)21-22-33(28,29)4/h6-8,13-14,23-24,26-31H,9-12,15-22H2,1-5H3/t24-,26+,27+,28-,29+,30+,31?,33-,34+/m1/s1. The number of hydrogen-bond donors (Lipinski definition) is 0. The van der Waals surface area contributed by atoms with Crippen molar-refractivity contribution < 1.29 is 9.53 Å². The van der Waals surface area contributed by atoms with Gasteiger partial charge in [-0.2, -0.15) is 0 Å². The third kappa shape index (κ3) is 4.58. The van der Waals surface area contributed by atoms with Crippen molar-refractivity contribution in [3.05, 3.63) is 35.9 Å². The van der Waals surface area contributed by atoms with Gasteiger partial charge in [-0.05, 0) is 117 Å². The van der Waals surface area contributed by atoms with Gasteiger partial charge in [0.1, 0.15) is 6.10 Å². The smallest absolute Gasteiger partial charge is 0.338 e. The first kappa shape index (κ1) is 26.3. The van der Waals surface area contributed by atoms with Gasteiger partial charge in [0.25, 0.3) is 0 Å². The molecule has 4 fully saturated rings. The molecule has 0 aliphatic heterocycles. The Kier molecular flexibility index (Phi) is 7.64. The summed E-state index contributed by atoms with van der Waals surface area (Å²) < 4.78 is 6.42. The largest absolute Gasteiger partial charge is 0.458 e. The lowest BCUT2D eigenvalue weighted by Crippen LogP contribution is -2.58. The molecule has 2 nitrogen and oxygen atoms in total. The highest BCUT2D eigenvalue weighted by atomic mass is 16.5. The summed E-state index contributed by atoms with van der Waals surface area (Å²) in [7, 11) is 0. The van der Waals surface area contributed by atoms with E-state index in [2.05, 4.69) is 34.6 Å². The highest BCUT2D eigenvalue weighted by Gasteiger charge is 2.62. The van der Waals surface area contributed by atoms with E-state index >= 15 is 0 Å². The van der Waals surface area contributed by atoms with Gasteiger partial charge in [0, 0.05) is 5.41 Å². The van der Waals surface area contributed by atoms with Crippen LogP contribution in [0.1, 0.15) is 122 Å². The predicted molar refractivity (Wildman–Crippen MR) is 149 cm³/mol. The Morgan fingerprint density at radius 2 is 1.69 bits per heavy atom. The number of benzene rings is 1. The van der Waals surface area contributed by atoms with Crippen molar-refractivity contribution >= 4 is 5.97 Å². The van der Waals surface area contributed by atoms with Crippen molar-refractivity contribution in [1.82, 2.24) is 0 Å². The predicted octanol–water partition coefficient (Wildman–Crippen LogP) is 9.33. The molecule has 4 aliphatic rings. The Hall–Kier alpha value is -1.31. The zero-order valence-corrected chi connectivity index (χ0v) is 23.8. The maximum absolute atomic E-state index is 13.1. The summed E-state index contributed by atoms with van der Waals surface area (Å²) in [4.78, 5) is 13.1. The Bertz CT molecular complexity index is 892. The summed E-state index contributed by atoms with van der Waals surface area (Å²) in [5.41, 5.74) is 1.37. The maximum Gasteiger partial charge on any atom is 0.338 e. The molecular weight excluding hydrogens is 440 g/mol. The highest BCUT2D eigenvalue weighted by Crippen LogP contribution is 2.68. The van der Waals surface area contributed by atoms with Crippen molar-refractivity contribution in [3.8, 4) is 0 Å². The fourth-order valence-corrected chi connectivity index (χ4v) is 10.3. The van der Waals surface area contributed by atoms with E-state index in [0.29, 0.717) is 11.0 Å². The quantitative estimate of drug-likeness (QED) is 0.354. The number of fused-ring (bicyclic) bond motifs is 5. The van der Waals surface area contributed by atoms with Crippen LogP contribution >= 0.6 is 0 Å². The van der Waals surface area contributed by atoms with Gasteiger partial charge in [0.05, 0.1) is 5.56 Å². The normalized spacial score (nSPS) is 40.7. The monoisotopic (exact) mass is 492 g/mol. The third-order valence-corrected chi connectivity index (χ3v) is 12.1.